The summed E-state index contributed by atoms with van der Waals surface area (Å²) < 4.78 is 26.4. The summed E-state index contributed by atoms with van der Waals surface area (Å²) in [5.74, 6) is -2.09. The Morgan fingerprint density at radius 1 is 0.775 bits per heavy atom. The van der Waals surface area contributed by atoms with Gasteiger partial charge in [-0.05, 0) is 49.3 Å². The molecule has 0 aliphatic heterocycles. The summed E-state index contributed by atoms with van der Waals surface area (Å²) in [5.41, 5.74) is 6.63. The van der Waals surface area contributed by atoms with E-state index in [1.165, 1.54) is 12.1 Å². The molecule has 0 saturated carbocycles. The highest BCUT2D eigenvalue weighted by Crippen LogP contribution is 2.31. The lowest BCUT2D eigenvalue weighted by molar-refractivity contribution is -0.148. The van der Waals surface area contributed by atoms with Gasteiger partial charge in [0.1, 0.15) is 18.8 Å². The van der Waals surface area contributed by atoms with Gasteiger partial charge in [0, 0.05) is 0 Å². The van der Waals surface area contributed by atoms with Gasteiger partial charge in [-0.3, -0.25) is 14.4 Å². The number of hydrogen-bond acceptors (Lipinski definition) is 10. The number of hydrogen-bond donors (Lipinski definition) is 1. The van der Waals surface area contributed by atoms with E-state index in [1.807, 2.05) is 34.6 Å². The molecule has 0 aromatic heterocycles. The third-order valence-electron chi connectivity index (χ3n) is 6.66. The van der Waals surface area contributed by atoms with Gasteiger partial charge in [0.25, 0.3) is 0 Å². The second-order valence-corrected chi connectivity index (χ2v) is 10.9. The fourth-order valence-electron chi connectivity index (χ4n) is 3.17. The van der Waals surface area contributed by atoms with Crippen molar-refractivity contribution in [1.82, 2.24) is 0 Å². The molecule has 1 aromatic carbocycles. The van der Waals surface area contributed by atoms with Gasteiger partial charge in [-0.15, -0.1) is 0 Å². The van der Waals surface area contributed by atoms with E-state index in [4.69, 9.17) is 29.4 Å². The molecule has 1 aromatic rings. The van der Waals surface area contributed by atoms with E-state index in [2.05, 4.69) is 0 Å². The summed E-state index contributed by atoms with van der Waals surface area (Å²) in [7, 11) is 0. The fraction of sp³-hybridized carbons (Fsp3) is 0.667. The van der Waals surface area contributed by atoms with Gasteiger partial charge in [0.05, 0.1) is 18.4 Å². The van der Waals surface area contributed by atoms with Crippen LogP contribution < -0.4 is 15.2 Å². The van der Waals surface area contributed by atoms with E-state index in [9.17, 15) is 19.2 Å². The molecule has 0 heterocycles. The first-order valence-electron chi connectivity index (χ1n) is 14.1. The van der Waals surface area contributed by atoms with Crippen molar-refractivity contribution in [2.45, 2.75) is 93.2 Å². The van der Waals surface area contributed by atoms with Crippen LogP contribution in [0.15, 0.2) is 18.2 Å². The second kappa shape index (κ2) is 17.5. The molecule has 10 nitrogen and oxygen atoms in total. The molecule has 0 radical (unpaired) electrons. The average molecular weight is 566 g/mol. The summed E-state index contributed by atoms with van der Waals surface area (Å²) >= 11 is 0. The minimum Gasteiger partial charge on any atom is -0.461 e. The number of ether oxygens (including phenoxy) is 5. The summed E-state index contributed by atoms with van der Waals surface area (Å²) in [4.78, 5) is 49.5. The van der Waals surface area contributed by atoms with Crippen molar-refractivity contribution in [3.05, 3.63) is 23.8 Å². The summed E-state index contributed by atoms with van der Waals surface area (Å²) in [6.45, 7) is 14.9. The molecule has 40 heavy (non-hydrogen) atoms. The maximum Gasteiger partial charge on any atom is 0.508 e. The number of benzene rings is 1. The minimum absolute atomic E-state index is 0.0418. The molecule has 10 heteroatoms. The number of rotatable bonds is 16. The molecule has 1 rings (SSSR count). The third-order valence-corrected chi connectivity index (χ3v) is 6.66. The first kappa shape index (κ1) is 34.9. The quantitative estimate of drug-likeness (QED) is 0.161. The van der Waals surface area contributed by atoms with Gasteiger partial charge >= 0.3 is 24.1 Å². The Hall–Kier alpha value is -3.14. The summed E-state index contributed by atoms with van der Waals surface area (Å²) in [5, 5.41) is 0. The van der Waals surface area contributed by atoms with Gasteiger partial charge in [-0.25, -0.2) is 4.79 Å². The van der Waals surface area contributed by atoms with Gasteiger partial charge in [-0.1, -0.05) is 67.4 Å². The Morgan fingerprint density at radius 3 is 1.90 bits per heavy atom. The molecule has 0 spiro atoms. The lowest BCUT2D eigenvalue weighted by Gasteiger charge is -2.19. The van der Waals surface area contributed by atoms with Crippen molar-refractivity contribution in [1.29, 1.82) is 0 Å². The van der Waals surface area contributed by atoms with Crippen LogP contribution in [0.5, 0.6) is 11.5 Å². The SMILES string of the molecule is CCCCCOC(=O)O[C@@H](C)COC(=O)[C@@H](N)Cc1ccc(OC(=O)C(C)C(C)C)c(OC(=O)C(C)C(C)C)c1. The van der Waals surface area contributed by atoms with E-state index < -0.39 is 42.1 Å². The molecule has 0 saturated heterocycles. The zero-order valence-electron chi connectivity index (χ0n) is 25.2. The highest BCUT2D eigenvalue weighted by Gasteiger charge is 2.25. The predicted octanol–water partition coefficient (Wildman–Crippen LogP) is 5.23. The number of esters is 3. The Bertz CT molecular complexity index is 976. The normalized spacial score (nSPS) is 14.2. The molecular weight excluding hydrogens is 518 g/mol. The number of carbonyl (C=O) groups excluding carboxylic acids is 4. The molecule has 0 aliphatic rings. The van der Waals surface area contributed by atoms with Crippen molar-refractivity contribution in [2.24, 2.45) is 29.4 Å². The van der Waals surface area contributed by atoms with E-state index in [0.717, 1.165) is 19.3 Å². The smallest absolute Gasteiger partial charge is 0.461 e. The van der Waals surface area contributed by atoms with Crippen LogP contribution in [0.3, 0.4) is 0 Å². The van der Waals surface area contributed by atoms with Gasteiger partial charge < -0.3 is 29.4 Å². The van der Waals surface area contributed by atoms with E-state index >= 15 is 0 Å². The number of carbonyl (C=O) groups is 4. The largest absolute Gasteiger partial charge is 0.508 e. The Kier molecular flexibility index (Phi) is 15.3. The first-order chi connectivity index (χ1) is 18.8. The zero-order chi connectivity index (χ0) is 30.4. The zero-order valence-corrected chi connectivity index (χ0v) is 25.2. The molecule has 0 fully saturated rings. The number of unbranched alkanes of at least 4 members (excludes halogenated alkanes) is 2. The van der Waals surface area contributed by atoms with Gasteiger partial charge in [-0.2, -0.15) is 0 Å². The van der Waals surface area contributed by atoms with Crippen LogP contribution in [0, 0.1) is 23.7 Å². The van der Waals surface area contributed by atoms with Crippen molar-refractivity contribution in [3.8, 4) is 11.5 Å². The van der Waals surface area contributed by atoms with E-state index in [-0.39, 0.29) is 48.9 Å². The van der Waals surface area contributed by atoms with Crippen molar-refractivity contribution in [3.63, 3.8) is 0 Å². The van der Waals surface area contributed by atoms with Crippen LogP contribution >= 0.6 is 0 Å². The topological polar surface area (TPSA) is 140 Å². The van der Waals surface area contributed by atoms with Crippen LogP contribution in [0.1, 0.15) is 80.2 Å². The minimum atomic E-state index is -1.04. The predicted molar refractivity (Wildman–Crippen MR) is 150 cm³/mol. The molecule has 4 atom stereocenters. The highest BCUT2D eigenvalue weighted by atomic mass is 16.7. The highest BCUT2D eigenvalue weighted by molar-refractivity contribution is 5.79. The van der Waals surface area contributed by atoms with Crippen LogP contribution in [-0.2, 0) is 35.0 Å². The van der Waals surface area contributed by atoms with Crippen molar-refractivity contribution >= 4 is 24.1 Å². The van der Waals surface area contributed by atoms with Crippen LogP contribution in [0.2, 0.25) is 0 Å². The van der Waals surface area contributed by atoms with Gasteiger partial charge in [0.2, 0.25) is 0 Å². The van der Waals surface area contributed by atoms with E-state index in [0.29, 0.717) is 5.56 Å². The Balaban J connectivity index is 2.86. The molecule has 0 aliphatic carbocycles. The second-order valence-electron chi connectivity index (χ2n) is 10.9. The van der Waals surface area contributed by atoms with Crippen LogP contribution in [0.4, 0.5) is 4.79 Å². The first-order valence-corrected chi connectivity index (χ1v) is 14.1. The fourth-order valence-corrected chi connectivity index (χ4v) is 3.17. The van der Waals surface area contributed by atoms with Crippen molar-refractivity contribution < 1.29 is 42.9 Å². The van der Waals surface area contributed by atoms with Gasteiger partial charge in [0.15, 0.2) is 11.5 Å². The average Bonchev–Trinajstić information content (AvgIpc) is 2.89. The monoisotopic (exact) mass is 565 g/mol. The Labute approximate surface area is 238 Å². The van der Waals surface area contributed by atoms with Crippen LogP contribution in [-0.4, -0.2) is 49.4 Å². The third kappa shape index (κ3) is 12.4. The Morgan fingerprint density at radius 2 is 1.35 bits per heavy atom. The molecule has 0 amide bonds. The lowest BCUT2D eigenvalue weighted by atomic mass is 9.98. The van der Waals surface area contributed by atoms with Crippen LogP contribution in [0.25, 0.3) is 0 Å². The molecule has 2 unspecified atom stereocenters. The number of nitrogens with two attached hydrogens (primary N) is 1. The maximum atomic E-state index is 12.7. The lowest BCUT2D eigenvalue weighted by Crippen LogP contribution is -2.36. The van der Waals surface area contributed by atoms with Crippen molar-refractivity contribution in [2.75, 3.05) is 13.2 Å². The standard InChI is InChI=1S/C30H47NO9/c1-9-10-11-14-36-30(35)38-20(6)17-37-29(34)24(31)15-23-12-13-25(39-27(32)21(7)18(2)3)26(16-23)40-28(33)22(8)19(4)5/h12-13,16,18-22,24H,9-11,14-15,17,31H2,1-8H3/t20-,21?,22?,24-/m0/s1. The molecule has 226 valence electrons. The molecular formula is C30H47NO9. The molecule has 0 bridgehead atoms. The summed E-state index contributed by atoms with van der Waals surface area (Å²) in [6, 6.07) is 3.64. The molecule has 2 N–H and O–H groups in total. The maximum absolute atomic E-state index is 12.7. The summed E-state index contributed by atoms with van der Waals surface area (Å²) in [6.07, 6.45) is 1.23. The van der Waals surface area contributed by atoms with E-state index in [1.54, 1.807) is 26.8 Å².